The zero-order chi connectivity index (χ0) is 14.8. The van der Waals surface area contributed by atoms with E-state index in [1.165, 1.54) is 36.2 Å². The maximum atomic E-state index is 4.83. The average Bonchev–Trinajstić information content (AvgIpc) is 3.30. The summed E-state index contributed by atoms with van der Waals surface area (Å²) in [5, 5.41) is 7.65. The molecule has 1 saturated heterocycles. The highest BCUT2D eigenvalue weighted by atomic mass is 32.1. The number of likely N-dealkylation sites (tertiary alicyclic amines) is 1. The highest BCUT2D eigenvalue weighted by molar-refractivity contribution is 7.14. The van der Waals surface area contributed by atoms with Crippen LogP contribution in [0, 0.1) is 0 Å². The number of thiophene rings is 1. The van der Waals surface area contributed by atoms with Crippen molar-refractivity contribution in [1.29, 1.82) is 0 Å². The molecule has 3 aromatic rings. The van der Waals surface area contributed by atoms with E-state index in [0.717, 1.165) is 11.6 Å². The molecule has 4 rings (SSSR count). The summed E-state index contributed by atoms with van der Waals surface area (Å²) in [4.78, 5) is 7.40. The molecule has 1 aliphatic rings. The summed E-state index contributed by atoms with van der Waals surface area (Å²) in [6.07, 6.45) is 2.53. The van der Waals surface area contributed by atoms with Gasteiger partial charge in [-0.3, -0.25) is 4.90 Å². The Labute approximate surface area is 139 Å². The minimum atomic E-state index is 0.549. The molecule has 0 unspecified atom stereocenters. The molecule has 2 aromatic heterocycles. The van der Waals surface area contributed by atoms with Crippen molar-refractivity contribution in [2.75, 3.05) is 6.54 Å². The summed E-state index contributed by atoms with van der Waals surface area (Å²) in [5.41, 5.74) is 3.89. The normalized spacial score (nSPS) is 18.8. The zero-order valence-corrected chi connectivity index (χ0v) is 13.9. The number of benzene rings is 1. The van der Waals surface area contributed by atoms with Gasteiger partial charge in [-0.1, -0.05) is 30.3 Å². The van der Waals surface area contributed by atoms with Crippen molar-refractivity contribution >= 4 is 22.7 Å². The van der Waals surface area contributed by atoms with Gasteiger partial charge < -0.3 is 0 Å². The van der Waals surface area contributed by atoms with Gasteiger partial charge in [-0.05, 0) is 36.4 Å². The van der Waals surface area contributed by atoms with E-state index in [1.54, 1.807) is 22.7 Å². The van der Waals surface area contributed by atoms with E-state index in [1.807, 2.05) is 0 Å². The Balaban J connectivity index is 1.51. The van der Waals surface area contributed by atoms with E-state index < -0.39 is 0 Å². The third-order valence-corrected chi connectivity index (χ3v) is 5.86. The minimum Gasteiger partial charge on any atom is -0.290 e. The van der Waals surface area contributed by atoms with Crippen molar-refractivity contribution in [1.82, 2.24) is 9.88 Å². The predicted octanol–water partition coefficient (Wildman–Crippen LogP) is 5.21. The Morgan fingerprint density at radius 1 is 1.14 bits per heavy atom. The molecular weight excluding hydrogens is 308 g/mol. The number of aromatic nitrogens is 1. The fraction of sp³-hybridized carbons (Fsp3) is 0.278. The molecule has 0 amide bonds. The lowest BCUT2D eigenvalue weighted by atomic mass is 10.0. The first-order valence-corrected chi connectivity index (χ1v) is 9.48. The van der Waals surface area contributed by atoms with Gasteiger partial charge in [-0.25, -0.2) is 4.98 Å². The second kappa shape index (κ2) is 6.32. The minimum absolute atomic E-state index is 0.549. The molecule has 1 aromatic carbocycles. The van der Waals surface area contributed by atoms with Crippen molar-refractivity contribution in [2.45, 2.75) is 25.4 Å². The van der Waals surface area contributed by atoms with E-state index >= 15 is 0 Å². The highest BCUT2D eigenvalue weighted by Gasteiger charge is 2.26. The van der Waals surface area contributed by atoms with Crippen LogP contribution in [-0.2, 0) is 6.54 Å². The fourth-order valence-electron chi connectivity index (χ4n) is 3.17. The molecular formula is C18H18N2S2. The van der Waals surface area contributed by atoms with Gasteiger partial charge in [0.15, 0.2) is 0 Å². The van der Waals surface area contributed by atoms with Crippen LogP contribution in [0.25, 0.3) is 10.6 Å². The van der Waals surface area contributed by atoms with Gasteiger partial charge in [-0.2, -0.15) is 11.3 Å². The van der Waals surface area contributed by atoms with Crippen molar-refractivity contribution in [3.8, 4) is 10.6 Å². The van der Waals surface area contributed by atoms with Crippen molar-refractivity contribution < 1.29 is 0 Å². The maximum absolute atomic E-state index is 4.83. The van der Waals surface area contributed by atoms with Crippen LogP contribution in [0.1, 0.15) is 30.1 Å². The molecule has 0 bridgehead atoms. The second-order valence-electron chi connectivity index (χ2n) is 5.70. The zero-order valence-electron chi connectivity index (χ0n) is 12.3. The smallest absolute Gasteiger partial charge is 0.124 e. The van der Waals surface area contributed by atoms with Crippen LogP contribution in [0.3, 0.4) is 0 Å². The van der Waals surface area contributed by atoms with Gasteiger partial charge in [0, 0.05) is 28.9 Å². The summed E-state index contributed by atoms with van der Waals surface area (Å²) in [7, 11) is 0. The summed E-state index contributed by atoms with van der Waals surface area (Å²) in [6.45, 7) is 2.13. The van der Waals surface area contributed by atoms with Crippen LogP contribution in [-0.4, -0.2) is 16.4 Å². The average molecular weight is 326 g/mol. The third-order valence-electron chi connectivity index (χ3n) is 4.23. The molecule has 0 spiro atoms. The van der Waals surface area contributed by atoms with Crippen molar-refractivity contribution in [3.05, 3.63) is 63.8 Å². The molecule has 0 saturated carbocycles. The molecule has 0 radical (unpaired) electrons. The van der Waals surface area contributed by atoms with E-state index in [4.69, 9.17) is 4.98 Å². The summed E-state index contributed by atoms with van der Waals surface area (Å²) in [5.74, 6) is 0. The van der Waals surface area contributed by atoms with Crippen LogP contribution < -0.4 is 0 Å². The Bertz CT molecular complexity index is 719. The van der Waals surface area contributed by atoms with E-state index in [9.17, 15) is 0 Å². The Hall–Kier alpha value is -1.49. The van der Waals surface area contributed by atoms with Gasteiger partial charge in [-0.15, -0.1) is 11.3 Å². The van der Waals surface area contributed by atoms with Gasteiger partial charge in [0.1, 0.15) is 5.01 Å². The molecule has 112 valence electrons. The standard InChI is InChI=1S/C18H18N2S2/c1-2-5-14(6-3-1)17-7-4-9-20(17)11-16-13-22-18(19-16)15-8-10-21-12-15/h1-3,5-6,8,10,12-13,17H,4,7,9,11H2/t17-/m0/s1. The van der Waals surface area contributed by atoms with E-state index in [-0.39, 0.29) is 0 Å². The second-order valence-corrected chi connectivity index (χ2v) is 7.33. The van der Waals surface area contributed by atoms with Crippen LogP contribution in [0.5, 0.6) is 0 Å². The quantitative estimate of drug-likeness (QED) is 0.654. The van der Waals surface area contributed by atoms with Gasteiger partial charge in [0.2, 0.25) is 0 Å². The largest absolute Gasteiger partial charge is 0.290 e. The lowest BCUT2D eigenvalue weighted by Crippen LogP contribution is -2.22. The monoisotopic (exact) mass is 326 g/mol. The third kappa shape index (κ3) is 2.86. The Morgan fingerprint density at radius 3 is 2.86 bits per heavy atom. The number of hydrogen-bond acceptors (Lipinski definition) is 4. The van der Waals surface area contributed by atoms with Crippen LogP contribution >= 0.6 is 22.7 Å². The Kier molecular flexibility index (Phi) is 4.06. The van der Waals surface area contributed by atoms with Crippen LogP contribution in [0.2, 0.25) is 0 Å². The molecule has 1 atom stereocenters. The lowest BCUT2D eigenvalue weighted by Gasteiger charge is -2.23. The van der Waals surface area contributed by atoms with Crippen LogP contribution in [0.15, 0.2) is 52.5 Å². The molecule has 0 N–H and O–H groups in total. The van der Waals surface area contributed by atoms with Gasteiger partial charge >= 0.3 is 0 Å². The van der Waals surface area contributed by atoms with Crippen LogP contribution in [0.4, 0.5) is 0 Å². The molecule has 4 heteroatoms. The number of thiazole rings is 1. The first-order chi connectivity index (χ1) is 10.9. The first kappa shape index (κ1) is 14.1. The summed E-state index contributed by atoms with van der Waals surface area (Å²) >= 11 is 3.49. The maximum Gasteiger partial charge on any atom is 0.124 e. The molecule has 22 heavy (non-hydrogen) atoms. The molecule has 2 nitrogen and oxygen atoms in total. The van der Waals surface area contributed by atoms with Gasteiger partial charge in [0.05, 0.1) is 5.69 Å². The molecule has 1 fully saturated rings. The van der Waals surface area contributed by atoms with E-state index in [2.05, 4.69) is 57.4 Å². The summed E-state index contributed by atoms with van der Waals surface area (Å²) < 4.78 is 0. The lowest BCUT2D eigenvalue weighted by molar-refractivity contribution is 0.246. The number of rotatable bonds is 4. The van der Waals surface area contributed by atoms with Crippen molar-refractivity contribution in [2.24, 2.45) is 0 Å². The number of hydrogen-bond donors (Lipinski definition) is 0. The SMILES string of the molecule is c1ccc([C@@H]2CCCN2Cc2csc(-c3ccsc3)n2)cc1. The first-order valence-electron chi connectivity index (χ1n) is 7.66. The Morgan fingerprint density at radius 2 is 2.05 bits per heavy atom. The van der Waals surface area contributed by atoms with Gasteiger partial charge in [0.25, 0.3) is 0 Å². The number of nitrogens with zero attached hydrogens (tertiary/aromatic N) is 2. The summed E-state index contributed by atoms with van der Waals surface area (Å²) in [6, 6.07) is 13.6. The highest BCUT2D eigenvalue weighted by Crippen LogP contribution is 2.34. The fourth-order valence-corrected chi connectivity index (χ4v) is 4.70. The molecule has 0 aliphatic carbocycles. The van der Waals surface area contributed by atoms with Crippen molar-refractivity contribution in [3.63, 3.8) is 0 Å². The molecule has 3 heterocycles. The predicted molar refractivity (Wildman–Crippen MR) is 94.3 cm³/mol. The van der Waals surface area contributed by atoms with E-state index in [0.29, 0.717) is 6.04 Å². The molecule has 1 aliphatic heterocycles. The topological polar surface area (TPSA) is 16.1 Å².